The molecule has 0 aromatic heterocycles. The molecule has 0 radical (unpaired) electrons. The van der Waals surface area contributed by atoms with Gasteiger partial charge in [-0.3, -0.25) is 0 Å². The normalized spacial score (nSPS) is 31.6. The van der Waals surface area contributed by atoms with Crippen LogP contribution in [-0.4, -0.2) is 0 Å². The summed E-state index contributed by atoms with van der Waals surface area (Å²) in [5.74, 6) is 1.28. The molecular formula is C16H20N2. The fourth-order valence-electron chi connectivity index (χ4n) is 3.62. The lowest BCUT2D eigenvalue weighted by molar-refractivity contribution is 0.648. The zero-order valence-electron chi connectivity index (χ0n) is 10.8. The van der Waals surface area contributed by atoms with Crippen LogP contribution in [0, 0.1) is 11.8 Å². The highest BCUT2D eigenvalue weighted by atomic mass is 14.6. The van der Waals surface area contributed by atoms with Crippen molar-refractivity contribution in [3.63, 3.8) is 0 Å². The first-order chi connectivity index (χ1) is 8.68. The van der Waals surface area contributed by atoms with E-state index in [0.29, 0.717) is 11.8 Å². The van der Waals surface area contributed by atoms with Gasteiger partial charge in [-0.05, 0) is 54.7 Å². The predicted octanol–water partition coefficient (Wildman–Crippen LogP) is 3.02. The summed E-state index contributed by atoms with van der Waals surface area (Å²) in [5.41, 5.74) is 18.2. The first-order valence-corrected chi connectivity index (χ1v) is 6.70. The van der Waals surface area contributed by atoms with Crippen LogP contribution in [0.15, 0.2) is 47.2 Å². The highest BCUT2D eigenvalue weighted by molar-refractivity contribution is 5.72. The van der Waals surface area contributed by atoms with Crippen molar-refractivity contribution in [1.29, 1.82) is 0 Å². The van der Waals surface area contributed by atoms with Crippen LogP contribution in [0.3, 0.4) is 0 Å². The number of rotatable bonds is 1. The minimum atomic E-state index is 0.628. The second-order valence-electron chi connectivity index (χ2n) is 5.50. The summed E-state index contributed by atoms with van der Waals surface area (Å²) in [6.45, 7) is 2.01. The van der Waals surface area contributed by atoms with Crippen LogP contribution in [0.4, 0.5) is 0 Å². The van der Waals surface area contributed by atoms with Gasteiger partial charge in [0.2, 0.25) is 0 Å². The van der Waals surface area contributed by atoms with Crippen LogP contribution in [0.5, 0.6) is 0 Å². The summed E-state index contributed by atoms with van der Waals surface area (Å²) in [6.07, 6.45) is 3.79. The van der Waals surface area contributed by atoms with Crippen LogP contribution in [-0.2, 0) is 0 Å². The van der Waals surface area contributed by atoms with Crippen molar-refractivity contribution in [2.75, 3.05) is 0 Å². The molecule has 2 nitrogen and oxygen atoms in total. The zero-order chi connectivity index (χ0) is 12.7. The zero-order valence-corrected chi connectivity index (χ0v) is 10.8. The summed E-state index contributed by atoms with van der Waals surface area (Å²) in [5, 5.41) is 0. The highest BCUT2D eigenvalue weighted by Crippen LogP contribution is 2.53. The van der Waals surface area contributed by atoms with Gasteiger partial charge in [-0.25, -0.2) is 0 Å². The van der Waals surface area contributed by atoms with Crippen LogP contribution in [0.1, 0.15) is 31.7 Å². The molecule has 2 aliphatic rings. The second kappa shape index (κ2) is 4.20. The van der Waals surface area contributed by atoms with Crippen LogP contribution in [0.25, 0.3) is 5.70 Å². The highest BCUT2D eigenvalue weighted by Gasteiger charge is 2.41. The number of fused-ring (bicyclic) bond motifs is 2. The van der Waals surface area contributed by atoms with E-state index in [2.05, 4.69) is 12.1 Å². The number of hydrogen-bond donors (Lipinski definition) is 2. The number of hydrogen-bond acceptors (Lipinski definition) is 2. The van der Waals surface area contributed by atoms with Gasteiger partial charge in [-0.1, -0.05) is 30.3 Å². The van der Waals surface area contributed by atoms with Crippen molar-refractivity contribution in [2.24, 2.45) is 23.3 Å². The van der Waals surface area contributed by atoms with E-state index in [4.69, 9.17) is 11.5 Å². The first kappa shape index (κ1) is 11.4. The largest absolute Gasteiger partial charge is 0.402 e. The topological polar surface area (TPSA) is 52.0 Å². The molecule has 2 aliphatic carbocycles. The summed E-state index contributed by atoms with van der Waals surface area (Å²) < 4.78 is 0. The molecule has 2 fully saturated rings. The molecule has 1 aromatic rings. The van der Waals surface area contributed by atoms with Gasteiger partial charge in [-0.15, -0.1) is 0 Å². The fourth-order valence-corrected chi connectivity index (χ4v) is 3.62. The van der Waals surface area contributed by atoms with Gasteiger partial charge in [0, 0.05) is 11.4 Å². The molecule has 2 atom stereocenters. The Balaban J connectivity index is 2.13. The second-order valence-corrected chi connectivity index (χ2v) is 5.50. The molecule has 0 spiro atoms. The third-order valence-corrected chi connectivity index (χ3v) is 4.34. The lowest BCUT2D eigenvalue weighted by Crippen LogP contribution is -2.13. The van der Waals surface area contributed by atoms with Crippen LogP contribution >= 0.6 is 0 Å². The Labute approximate surface area is 108 Å². The molecule has 0 amide bonds. The van der Waals surface area contributed by atoms with Crippen LogP contribution < -0.4 is 11.5 Å². The van der Waals surface area contributed by atoms with E-state index >= 15 is 0 Å². The lowest BCUT2D eigenvalue weighted by Gasteiger charge is -2.21. The number of allylic oxidation sites excluding steroid dienone is 3. The molecule has 3 rings (SSSR count). The Morgan fingerprint density at radius 1 is 1.00 bits per heavy atom. The Bertz CT molecular complexity index is 521. The average Bonchev–Trinajstić information content (AvgIpc) is 2.99. The van der Waals surface area contributed by atoms with E-state index in [1.54, 1.807) is 0 Å². The van der Waals surface area contributed by atoms with Gasteiger partial charge in [0.05, 0.1) is 0 Å². The lowest BCUT2D eigenvalue weighted by atomic mass is 9.86. The van der Waals surface area contributed by atoms with E-state index < -0.39 is 0 Å². The molecule has 2 heteroatoms. The van der Waals surface area contributed by atoms with E-state index in [-0.39, 0.29) is 0 Å². The Morgan fingerprint density at radius 2 is 1.61 bits per heavy atom. The van der Waals surface area contributed by atoms with Gasteiger partial charge < -0.3 is 11.5 Å². The SMILES string of the molecule is C/C(N)=C1/C(=C(\N)c2ccccc2)C2CCC1C2. The third kappa shape index (κ3) is 1.64. The number of benzene rings is 1. The van der Waals surface area contributed by atoms with Gasteiger partial charge in [-0.2, -0.15) is 0 Å². The quantitative estimate of drug-likeness (QED) is 0.792. The predicted molar refractivity (Wildman–Crippen MR) is 75.3 cm³/mol. The van der Waals surface area contributed by atoms with Gasteiger partial charge in [0.15, 0.2) is 0 Å². The summed E-state index contributed by atoms with van der Waals surface area (Å²) >= 11 is 0. The van der Waals surface area contributed by atoms with Crippen molar-refractivity contribution in [3.8, 4) is 0 Å². The summed E-state index contributed by atoms with van der Waals surface area (Å²) in [6, 6.07) is 10.3. The van der Waals surface area contributed by atoms with E-state index in [1.807, 2.05) is 25.1 Å². The fraction of sp³-hybridized carbons (Fsp3) is 0.375. The molecular weight excluding hydrogens is 220 g/mol. The molecule has 18 heavy (non-hydrogen) atoms. The van der Waals surface area contributed by atoms with Gasteiger partial charge in [0.1, 0.15) is 0 Å². The Morgan fingerprint density at radius 3 is 2.22 bits per heavy atom. The minimum absolute atomic E-state index is 0.628. The maximum Gasteiger partial charge on any atom is 0.0426 e. The van der Waals surface area contributed by atoms with E-state index in [1.165, 1.54) is 30.4 Å². The summed E-state index contributed by atoms with van der Waals surface area (Å²) in [7, 11) is 0. The number of nitrogens with two attached hydrogens (primary N) is 2. The van der Waals surface area contributed by atoms with Gasteiger partial charge in [0.25, 0.3) is 0 Å². The van der Waals surface area contributed by atoms with Crippen LogP contribution in [0.2, 0.25) is 0 Å². The maximum atomic E-state index is 6.40. The van der Waals surface area contributed by atoms with Crippen molar-refractivity contribution in [2.45, 2.75) is 26.2 Å². The monoisotopic (exact) mass is 240 g/mol. The molecule has 0 heterocycles. The summed E-state index contributed by atoms with van der Waals surface area (Å²) in [4.78, 5) is 0. The smallest absolute Gasteiger partial charge is 0.0426 e. The van der Waals surface area contributed by atoms with Crippen molar-refractivity contribution < 1.29 is 0 Å². The standard InChI is InChI=1S/C16H20N2/c1-10(17)14-12-7-8-13(9-12)15(14)16(18)11-5-3-2-4-6-11/h2-6,12-13H,7-9,17-18H2,1H3/b14-10-,16-15-. The molecule has 4 N–H and O–H groups in total. The maximum absolute atomic E-state index is 6.40. The molecule has 1 aromatic carbocycles. The van der Waals surface area contributed by atoms with Crippen molar-refractivity contribution in [3.05, 3.63) is 52.7 Å². The molecule has 0 aliphatic heterocycles. The molecule has 94 valence electrons. The molecule has 2 bridgehead atoms. The molecule has 0 saturated heterocycles. The average molecular weight is 240 g/mol. The Kier molecular flexibility index (Phi) is 2.66. The van der Waals surface area contributed by atoms with Gasteiger partial charge >= 0.3 is 0 Å². The van der Waals surface area contributed by atoms with Crippen molar-refractivity contribution >= 4 is 5.70 Å². The van der Waals surface area contributed by atoms with E-state index in [0.717, 1.165) is 17.0 Å². The molecule has 2 unspecified atom stereocenters. The third-order valence-electron chi connectivity index (χ3n) is 4.34. The minimum Gasteiger partial charge on any atom is -0.402 e. The molecule has 2 saturated carbocycles. The van der Waals surface area contributed by atoms with Crippen molar-refractivity contribution in [1.82, 2.24) is 0 Å². The van der Waals surface area contributed by atoms with E-state index in [9.17, 15) is 0 Å². The first-order valence-electron chi connectivity index (χ1n) is 6.70. The Hall–Kier alpha value is -1.70.